The van der Waals surface area contributed by atoms with Crippen molar-refractivity contribution in [3.63, 3.8) is 0 Å². The molecule has 1 atom stereocenters. The second-order valence-corrected chi connectivity index (χ2v) is 12.4. The Balaban J connectivity index is 1.17. The van der Waals surface area contributed by atoms with Gasteiger partial charge in [0, 0.05) is 37.3 Å². The first kappa shape index (κ1) is 29.5. The molecule has 0 spiro atoms. The predicted octanol–water partition coefficient (Wildman–Crippen LogP) is 6.20. The fraction of sp³-hybridized carbons (Fsp3) is 0.375. The normalized spacial score (nSPS) is 15.2. The van der Waals surface area contributed by atoms with Gasteiger partial charge in [-0.1, -0.05) is 12.1 Å². The first-order valence-corrected chi connectivity index (χ1v) is 14.9. The number of fused-ring (bicyclic) bond motifs is 1. The van der Waals surface area contributed by atoms with Crippen molar-refractivity contribution < 1.29 is 28.9 Å². The number of nitrogens with one attached hydrogen (secondary N) is 1. The van der Waals surface area contributed by atoms with Crippen molar-refractivity contribution in [2.45, 2.75) is 46.0 Å². The molecule has 1 saturated heterocycles. The highest BCUT2D eigenvalue weighted by molar-refractivity contribution is 7.17. The summed E-state index contributed by atoms with van der Waals surface area (Å²) in [6, 6.07) is 16.7. The van der Waals surface area contributed by atoms with E-state index in [0.29, 0.717) is 53.7 Å². The average Bonchev–Trinajstić information content (AvgIpc) is 3.69. The van der Waals surface area contributed by atoms with E-state index >= 15 is 0 Å². The summed E-state index contributed by atoms with van der Waals surface area (Å²) in [7, 11) is 1.87. The van der Waals surface area contributed by atoms with E-state index in [1.165, 1.54) is 0 Å². The number of aryl methyl sites for hydroxylation is 1. The molecule has 222 valence electrons. The zero-order valence-corrected chi connectivity index (χ0v) is 25.2. The molecule has 1 unspecified atom stereocenters. The molecular formula is C32H37N3O6S. The van der Waals surface area contributed by atoms with Crippen LogP contribution in [-0.2, 0) is 25.0 Å². The number of thiophene rings is 1. The van der Waals surface area contributed by atoms with E-state index in [-0.39, 0.29) is 31.1 Å². The standard InChI is InChI=1S/C32H37N3O6S/c1-32(2,3)41-31(38)35-14-12-21(17-35)19-39-23-8-10-24(11-9-23)40-20-25-22(18-36)6-5-7-26(25)33-30(37)28-16-29-27(34(28)4)13-15-42-29/h5-11,13,15-16,21,36H,12,14,17-20H2,1-4H3,(H,33,37). The van der Waals surface area contributed by atoms with Gasteiger partial charge in [-0.05, 0) is 80.6 Å². The van der Waals surface area contributed by atoms with Crippen molar-refractivity contribution in [3.05, 3.63) is 76.8 Å². The quantitative estimate of drug-likeness (QED) is 0.240. The summed E-state index contributed by atoms with van der Waals surface area (Å²) in [5, 5.41) is 15.0. The van der Waals surface area contributed by atoms with Gasteiger partial charge >= 0.3 is 6.09 Å². The van der Waals surface area contributed by atoms with Gasteiger partial charge in [0.2, 0.25) is 0 Å². The van der Waals surface area contributed by atoms with E-state index in [1.807, 2.05) is 86.3 Å². The van der Waals surface area contributed by atoms with Crippen LogP contribution < -0.4 is 14.8 Å². The van der Waals surface area contributed by atoms with Crippen LogP contribution in [0.5, 0.6) is 11.5 Å². The van der Waals surface area contributed by atoms with E-state index < -0.39 is 5.60 Å². The first-order chi connectivity index (χ1) is 20.1. The van der Waals surface area contributed by atoms with Gasteiger partial charge in [0.05, 0.1) is 23.4 Å². The lowest BCUT2D eigenvalue weighted by atomic mass is 10.1. The number of aliphatic hydroxyl groups excluding tert-OH is 1. The Kier molecular flexibility index (Phi) is 8.74. The molecule has 2 aromatic carbocycles. The lowest BCUT2D eigenvalue weighted by Crippen LogP contribution is -2.35. The molecule has 0 saturated carbocycles. The topological polar surface area (TPSA) is 102 Å². The van der Waals surface area contributed by atoms with Gasteiger partial charge in [-0.2, -0.15) is 0 Å². The molecule has 9 nitrogen and oxygen atoms in total. The maximum Gasteiger partial charge on any atom is 0.410 e. The SMILES string of the molecule is Cn1c(C(=O)Nc2cccc(CO)c2COc2ccc(OCC3CCN(C(=O)OC(C)(C)C)C3)cc2)cc2sccc21. The minimum absolute atomic E-state index is 0.164. The Hall–Kier alpha value is -4.02. The number of hydrogen-bond donors (Lipinski definition) is 2. The van der Waals surface area contributed by atoms with Crippen LogP contribution >= 0.6 is 11.3 Å². The number of anilines is 1. The van der Waals surface area contributed by atoms with Crippen molar-refractivity contribution in [1.29, 1.82) is 0 Å². The van der Waals surface area contributed by atoms with Crippen LogP contribution in [0.25, 0.3) is 10.2 Å². The van der Waals surface area contributed by atoms with E-state index in [0.717, 1.165) is 16.6 Å². The Morgan fingerprint density at radius 2 is 1.81 bits per heavy atom. The number of ether oxygens (including phenoxy) is 3. The summed E-state index contributed by atoms with van der Waals surface area (Å²) < 4.78 is 20.4. The average molecular weight is 592 g/mol. The Labute approximate surface area is 249 Å². The maximum absolute atomic E-state index is 13.2. The number of benzene rings is 2. The van der Waals surface area contributed by atoms with Crippen molar-refractivity contribution in [3.8, 4) is 11.5 Å². The molecule has 0 bridgehead atoms. The van der Waals surface area contributed by atoms with Crippen LogP contribution in [0.2, 0.25) is 0 Å². The third kappa shape index (κ3) is 6.88. The zero-order valence-electron chi connectivity index (χ0n) is 24.4. The molecule has 2 aromatic heterocycles. The minimum atomic E-state index is -0.509. The summed E-state index contributed by atoms with van der Waals surface area (Å²) in [6.07, 6.45) is 0.586. The number of carbonyl (C=O) groups is 2. The maximum atomic E-state index is 13.2. The van der Waals surface area contributed by atoms with Gasteiger partial charge in [0.1, 0.15) is 29.4 Å². The van der Waals surface area contributed by atoms with Gasteiger partial charge in [0.25, 0.3) is 5.91 Å². The lowest BCUT2D eigenvalue weighted by molar-refractivity contribution is 0.0284. The van der Waals surface area contributed by atoms with E-state index in [2.05, 4.69) is 5.32 Å². The van der Waals surface area contributed by atoms with Crippen LogP contribution in [0.3, 0.4) is 0 Å². The molecule has 0 radical (unpaired) electrons. The molecule has 42 heavy (non-hydrogen) atoms. The molecule has 2 amide bonds. The first-order valence-electron chi connectivity index (χ1n) is 14.0. The molecule has 10 heteroatoms. The number of aromatic nitrogens is 1. The predicted molar refractivity (Wildman–Crippen MR) is 163 cm³/mol. The van der Waals surface area contributed by atoms with Crippen LogP contribution in [0.15, 0.2) is 60.0 Å². The highest BCUT2D eigenvalue weighted by atomic mass is 32.1. The fourth-order valence-corrected chi connectivity index (χ4v) is 5.84. The monoisotopic (exact) mass is 591 g/mol. The molecule has 1 fully saturated rings. The largest absolute Gasteiger partial charge is 0.493 e. The van der Waals surface area contributed by atoms with Crippen LogP contribution in [0, 0.1) is 5.92 Å². The summed E-state index contributed by atoms with van der Waals surface area (Å²) in [6.45, 7) is 7.36. The van der Waals surface area contributed by atoms with Crippen molar-refractivity contribution >= 4 is 39.2 Å². The second-order valence-electron chi connectivity index (χ2n) is 11.5. The Morgan fingerprint density at radius 1 is 1.07 bits per heavy atom. The highest BCUT2D eigenvalue weighted by Crippen LogP contribution is 2.28. The van der Waals surface area contributed by atoms with E-state index in [9.17, 15) is 14.7 Å². The molecule has 1 aliphatic rings. The molecule has 2 N–H and O–H groups in total. The number of carbonyl (C=O) groups excluding carboxylic acids is 2. The number of hydrogen-bond acceptors (Lipinski definition) is 7. The van der Waals surface area contributed by atoms with Gasteiger partial charge in [-0.25, -0.2) is 4.79 Å². The highest BCUT2D eigenvalue weighted by Gasteiger charge is 2.30. The zero-order chi connectivity index (χ0) is 29.9. The van der Waals surface area contributed by atoms with Gasteiger partial charge in [-0.15, -0.1) is 11.3 Å². The lowest BCUT2D eigenvalue weighted by Gasteiger charge is -2.24. The molecule has 3 heterocycles. The summed E-state index contributed by atoms with van der Waals surface area (Å²) >= 11 is 1.59. The van der Waals surface area contributed by atoms with Gasteiger partial charge < -0.3 is 34.1 Å². The third-order valence-corrected chi connectivity index (χ3v) is 8.07. The number of nitrogens with zero attached hydrogens (tertiary/aromatic N) is 2. The number of amides is 2. The number of aliphatic hydroxyl groups is 1. The third-order valence-electron chi connectivity index (χ3n) is 7.22. The second kappa shape index (κ2) is 12.5. The summed E-state index contributed by atoms with van der Waals surface area (Å²) in [5.41, 5.74) is 3.04. The smallest absolute Gasteiger partial charge is 0.410 e. The molecule has 1 aliphatic heterocycles. The summed E-state index contributed by atoms with van der Waals surface area (Å²) in [4.78, 5) is 27.2. The Morgan fingerprint density at radius 3 is 2.50 bits per heavy atom. The number of rotatable bonds is 9. The van der Waals surface area contributed by atoms with Gasteiger partial charge in [0.15, 0.2) is 0 Å². The fourth-order valence-electron chi connectivity index (χ4n) is 4.99. The molecule has 4 aromatic rings. The van der Waals surface area contributed by atoms with Crippen LogP contribution in [0.4, 0.5) is 10.5 Å². The van der Waals surface area contributed by atoms with Crippen molar-refractivity contribution in [2.24, 2.45) is 13.0 Å². The summed E-state index contributed by atoms with van der Waals surface area (Å²) in [5.74, 6) is 1.36. The molecule has 5 rings (SSSR count). The minimum Gasteiger partial charge on any atom is -0.493 e. The Bertz CT molecular complexity index is 1550. The van der Waals surface area contributed by atoms with E-state index in [4.69, 9.17) is 14.2 Å². The van der Waals surface area contributed by atoms with Crippen LogP contribution in [-0.4, -0.2) is 51.9 Å². The number of likely N-dealkylation sites (tertiary alicyclic amines) is 1. The van der Waals surface area contributed by atoms with Crippen molar-refractivity contribution in [2.75, 3.05) is 25.0 Å². The molecule has 0 aliphatic carbocycles. The van der Waals surface area contributed by atoms with Crippen LogP contribution in [0.1, 0.15) is 48.8 Å². The van der Waals surface area contributed by atoms with Crippen molar-refractivity contribution in [1.82, 2.24) is 9.47 Å². The van der Waals surface area contributed by atoms with Gasteiger partial charge in [-0.3, -0.25) is 4.79 Å². The molecular weight excluding hydrogens is 554 g/mol. The van der Waals surface area contributed by atoms with E-state index in [1.54, 1.807) is 22.3 Å².